The number of anilines is 1. The third kappa shape index (κ3) is 6.06. The molecule has 4 aliphatic rings. The summed E-state index contributed by atoms with van der Waals surface area (Å²) in [5, 5.41) is 2.64. The summed E-state index contributed by atoms with van der Waals surface area (Å²) in [6, 6.07) is 22.7. The molecule has 0 unspecified atom stereocenters. The molecule has 238 valence electrons. The highest BCUT2D eigenvalue weighted by Gasteiger charge is 2.61. The minimum Gasteiger partial charge on any atom is -0.462 e. The van der Waals surface area contributed by atoms with Gasteiger partial charge in [0.1, 0.15) is 0 Å². The van der Waals surface area contributed by atoms with Crippen molar-refractivity contribution in [3.63, 3.8) is 0 Å². The van der Waals surface area contributed by atoms with Gasteiger partial charge in [-0.15, -0.1) is 0 Å². The zero-order valence-electron chi connectivity index (χ0n) is 25.9. The first-order chi connectivity index (χ1) is 22.4. The molecule has 1 aliphatic heterocycles. The fourth-order valence-electron chi connectivity index (χ4n) is 7.17. The Morgan fingerprint density at radius 1 is 0.717 bits per heavy atom. The fraction of sp³-hybridized carbons (Fsp3) is 0.378. The van der Waals surface area contributed by atoms with Gasteiger partial charge in [-0.25, -0.2) is 4.79 Å². The quantitative estimate of drug-likeness (QED) is 0.150. The van der Waals surface area contributed by atoms with Crippen LogP contribution in [0.15, 0.2) is 72.8 Å². The van der Waals surface area contributed by atoms with Gasteiger partial charge in [-0.05, 0) is 65.8 Å². The molecular formula is C37H38N2O7. The Balaban J connectivity index is 0.932. The number of carbonyl (C=O) groups is 5. The highest BCUT2D eigenvalue weighted by molar-refractivity contribution is 6.07. The molecule has 3 aromatic carbocycles. The molecule has 1 saturated heterocycles. The Labute approximate surface area is 268 Å². The topological polar surface area (TPSA) is 119 Å². The summed E-state index contributed by atoms with van der Waals surface area (Å²) in [5.41, 5.74) is 5.47. The molecule has 1 N–H and O–H groups in total. The lowest BCUT2D eigenvalue weighted by Gasteiger charge is -2.45. The number of nitrogens with one attached hydrogen (secondary N) is 1. The van der Waals surface area contributed by atoms with Gasteiger partial charge < -0.3 is 14.8 Å². The van der Waals surface area contributed by atoms with Crippen molar-refractivity contribution in [2.45, 2.75) is 57.3 Å². The number of imide groups is 1. The maximum absolute atomic E-state index is 13.7. The van der Waals surface area contributed by atoms with Crippen molar-refractivity contribution < 1.29 is 33.4 Å². The van der Waals surface area contributed by atoms with Crippen molar-refractivity contribution in [1.82, 2.24) is 4.90 Å². The van der Waals surface area contributed by atoms with Crippen molar-refractivity contribution in [2.24, 2.45) is 11.8 Å². The van der Waals surface area contributed by atoms with Crippen LogP contribution in [0.25, 0.3) is 0 Å². The summed E-state index contributed by atoms with van der Waals surface area (Å²) in [5.74, 6) is -2.59. The van der Waals surface area contributed by atoms with E-state index in [9.17, 15) is 24.0 Å². The van der Waals surface area contributed by atoms with Crippen LogP contribution in [0.4, 0.5) is 5.69 Å². The van der Waals surface area contributed by atoms with Gasteiger partial charge in [0.2, 0.25) is 11.8 Å². The van der Waals surface area contributed by atoms with Gasteiger partial charge in [-0.2, -0.15) is 0 Å². The van der Waals surface area contributed by atoms with Crippen molar-refractivity contribution in [2.75, 3.05) is 25.1 Å². The average Bonchev–Trinajstić information content (AvgIpc) is 3.33. The van der Waals surface area contributed by atoms with E-state index in [1.54, 1.807) is 24.3 Å². The van der Waals surface area contributed by atoms with Gasteiger partial charge in [-0.3, -0.25) is 24.1 Å². The first kappa shape index (κ1) is 31.2. The zero-order valence-corrected chi connectivity index (χ0v) is 25.9. The van der Waals surface area contributed by atoms with Crippen molar-refractivity contribution in [1.29, 1.82) is 0 Å². The molecule has 3 aromatic rings. The first-order valence-corrected chi connectivity index (χ1v) is 16.1. The lowest BCUT2D eigenvalue weighted by atomic mass is 9.55. The summed E-state index contributed by atoms with van der Waals surface area (Å²) >= 11 is 0. The van der Waals surface area contributed by atoms with Crippen LogP contribution >= 0.6 is 0 Å². The van der Waals surface area contributed by atoms with Crippen LogP contribution in [-0.2, 0) is 28.7 Å². The normalized spacial score (nSPS) is 20.5. The molecule has 0 spiro atoms. The van der Waals surface area contributed by atoms with Crippen molar-refractivity contribution in [3.05, 3.63) is 101 Å². The van der Waals surface area contributed by atoms with Crippen LogP contribution in [0, 0.1) is 11.8 Å². The largest absolute Gasteiger partial charge is 0.462 e. The first-order valence-electron chi connectivity index (χ1n) is 16.1. The van der Waals surface area contributed by atoms with E-state index >= 15 is 0 Å². The summed E-state index contributed by atoms with van der Waals surface area (Å²) in [6.07, 6.45) is 3.59. The molecule has 0 saturated carbocycles. The summed E-state index contributed by atoms with van der Waals surface area (Å²) in [6.45, 7) is 2.28. The number of likely N-dealkylation sites (tertiary alicyclic amines) is 1. The van der Waals surface area contributed by atoms with Gasteiger partial charge in [-0.1, -0.05) is 68.3 Å². The molecule has 46 heavy (non-hydrogen) atoms. The second-order valence-electron chi connectivity index (χ2n) is 12.2. The maximum atomic E-state index is 13.7. The minimum absolute atomic E-state index is 0.0963. The SMILES string of the molecule is CCCCOC(=O)c1ccc(NC(=O)COC(=O)CCCCCN2C(=O)[C@H]3C4c5ccccc5C(c5ccccc54)[C@@H]3C2=O)cc1. The Kier molecular flexibility index (Phi) is 9.28. The van der Waals surface area contributed by atoms with Gasteiger partial charge in [0.15, 0.2) is 6.61 Å². The molecule has 3 amide bonds. The number of esters is 2. The molecule has 2 atom stereocenters. The number of amides is 3. The van der Waals surface area contributed by atoms with Gasteiger partial charge in [0.05, 0.1) is 24.0 Å². The number of unbranched alkanes of at least 4 members (excludes halogenated alkanes) is 3. The van der Waals surface area contributed by atoms with Gasteiger partial charge in [0.25, 0.3) is 5.91 Å². The van der Waals surface area contributed by atoms with Crippen LogP contribution in [0.5, 0.6) is 0 Å². The zero-order chi connectivity index (χ0) is 32.2. The number of benzene rings is 3. The highest BCUT2D eigenvalue weighted by atomic mass is 16.5. The second kappa shape index (κ2) is 13.7. The van der Waals surface area contributed by atoms with Crippen molar-refractivity contribution >= 4 is 35.3 Å². The molecule has 9 heteroatoms. The molecule has 3 aliphatic carbocycles. The van der Waals surface area contributed by atoms with Crippen molar-refractivity contribution in [3.8, 4) is 0 Å². The van der Waals surface area contributed by atoms with E-state index in [4.69, 9.17) is 9.47 Å². The summed E-state index contributed by atoms with van der Waals surface area (Å²) < 4.78 is 10.3. The lowest BCUT2D eigenvalue weighted by Crippen LogP contribution is -2.41. The number of hydrogen-bond donors (Lipinski definition) is 1. The number of ether oxygens (including phenoxy) is 2. The van der Waals surface area contributed by atoms with E-state index in [-0.39, 0.29) is 41.9 Å². The van der Waals surface area contributed by atoms with Crippen LogP contribution < -0.4 is 5.32 Å². The predicted octanol–water partition coefficient (Wildman–Crippen LogP) is 5.58. The maximum Gasteiger partial charge on any atom is 0.338 e. The number of nitrogens with zero attached hydrogens (tertiary/aromatic N) is 1. The van der Waals surface area contributed by atoms with Gasteiger partial charge >= 0.3 is 11.9 Å². The van der Waals surface area contributed by atoms with E-state index < -0.39 is 24.5 Å². The Morgan fingerprint density at radius 2 is 1.28 bits per heavy atom. The molecule has 9 nitrogen and oxygen atoms in total. The highest BCUT2D eigenvalue weighted by Crippen LogP contribution is 2.60. The number of rotatable bonds is 13. The molecule has 0 aromatic heterocycles. The van der Waals surface area contributed by atoms with Gasteiger partial charge in [0, 0.05) is 30.5 Å². The smallest absolute Gasteiger partial charge is 0.338 e. The monoisotopic (exact) mass is 622 g/mol. The second-order valence-corrected chi connectivity index (χ2v) is 12.2. The summed E-state index contributed by atoms with van der Waals surface area (Å²) in [7, 11) is 0. The van der Waals surface area contributed by atoms with E-state index in [0.29, 0.717) is 43.7 Å². The summed E-state index contributed by atoms with van der Waals surface area (Å²) in [4.78, 5) is 65.3. The third-order valence-corrected chi connectivity index (χ3v) is 9.30. The molecular weight excluding hydrogens is 584 g/mol. The standard InChI is InChI=1S/C37H38N2O7/c1-2-3-21-45-37(44)23-16-18-24(19-17-23)38-29(40)22-46-30(41)15-5-4-10-20-39-35(42)33-31-25-11-6-7-12-26(25)32(34(33)36(39)43)28-14-9-8-13-27(28)31/h6-9,11-14,16-19,31-34H,2-5,10,15,20-22H2,1H3,(H,38,40)/t31?,32?,33-,34-/m0/s1. The van der Waals surface area contributed by atoms with Crippen LogP contribution in [0.3, 0.4) is 0 Å². The Hall–Kier alpha value is -4.79. The van der Waals surface area contributed by atoms with E-state index in [0.717, 1.165) is 35.1 Å². The minimum atomic E-state index is -0.494. The third-order valence-electron chi connectivity index (χ3n) is 9.30. The molecule has 2 bridgehead atoms. The Bertz CT molecular complexity index is 1530. The molecule has 1 heterocycles. The number of carbonyl (C=O) groups excluding carboxylic acids is 5. The molecule has 7 rings (SSSR count). The molecule has 0 radical (unpaired) electrons. The van der Waals surface area contributed by atoms with E-state index in [1.165, 1.54) is 4.90 Å². The number of hydrogen-bond acceptors (Lipinski definition) is 7. The van der Waals surface area contributed by atoms with E-state index in [2.05, 4.69) is 29.6 Å². The Morgan fingerprint density at radius 3 is 1.83 bits per heavy atom. The fourth-order valence-corrected chi connectivity index (χ4v) is 7.17. The lowest BCUT2D eigenvalue weighted by molar-refractivity contribution is -0.147. The predicted molar refractivity (Wildman–Crippen MR) is 170 cm³/mol. The van der Waals surface area contributed by atoms with Crippen LogP contribution in [0.2, 0.25) is 0 Å². The average molecular weight is 623 g/mol. The van der Waals surface area contributed by atoms with E-state index in [1.807, 2.05) is 31.2 Å². The molecule has 1 fully saturated rings. The van der Waals surface area contributed by atoms with Crippen LogP contribution in [-0.4, -0.2) is 54.3 Å². The van der Waals surface area contributed by atoms with Crippen LogP contribution in [0.1, 0.15) is 89.9 Å².